The van der Waals surface area contributed by atoms with Crippen molar-refractivity contribution in [1.82, 2.24) is 10.1 Å². The molecule has 1 heterocycles. The zero-order chi connectivity index (χ0) is 14.7. The topological polar surface area (TPSA) is 51.0 Å². The molecular formula is C16H14ClN3O. The van der Waals surface area contributed by atoms with Gasteiger partial charge >= 0.3 is 0 Å². The van der Waals surface area contributed by atoms with E-state index in [1.54, 1.807) is 0 Å². The Morgan fingerprint density at radius 1 is 1.14 bits per heavy atom. The van der Waals surface area contributed by atoms with Crippen molar-refractivity contribution in [3.8, 4) is 11.5 Å². The number of hydrogen-bond acceptors (Lipinski definition) is 4. The highest BCUT2D eigenvalue weighted by atomic mass is 35.5. The van der Waals surface area contributed by atoms with Crippen molar-refractivity contribution in [2.75, 3.05) is 12.4 Å². The summed E-state index contributed by atoms with van der Waals surface area (Å²) in [5.41, 5.74) is 2.90. The summed E-state index contributed by atoms with van der Waals surface area (Å²) in [7, 11) is 1.86. The van der Waals surface area contributed by atoms with E-state index in [-0.39, 0.29) is 0 Å². The van der Waals surface area contributed by atoms with Gasteiger partial charge in [0.15, 0.2) is 5.82 Å². The van der Waals surface area contributed by atoms with Crippen molar-refractivity contribution in [2.24, 2.45) is 0 Å². The lowest BCUT2D eigenvalue weighted by molar-refractivity contribution is 0.424. The van der Waals surface area contributed by atoms with E-state index in [1.165, 1.54) is 0 Å². The lowest BCUT2D eigenvalue weighted by Gasteiger charge is -2.03. The molecule has 5 heteroatoms. The van der Waals surface area contributed by atoms with Crippen LogP contribution in [0.4, 0.5) is 5.69 Å². The summed E-state index contributed by atoms with van der Waals surface area (Å²) in [6.07, 6.45) is 0.589. The second-order valence-electron chi connectivity index (χ2n) is 4.62. The molecule has 0 spiro atoms. The molecule has 3 rings (SSSR count). The van der Waals surface area contributed by atoms with Gasteiger partial charge in [0.25, 0.3) is 5.89 Å². The van der Waals surface area contributed by atoms with Crippen LogP contribution in [0.1, 0.15) is 11.4 Å². The van der Waals surface area contributed by atoms with Gasteiger partial charge in [-0.2, -0.15) is 4.98 Å². The molecule has 106 valence electrons. The number of halogens is 1. The lowest BCUT2D eigenvalue weighted by atomic mass is 10.1. The quantitative estimate of drug-likeness (QED) is 0.790. The fraction of sp³-hybridized carbons (Fsp3) is 0.125. The minimum Gasteiger partial charge on any atom is -0.387 e. The van der Waals surface area contributed by atoms with Crippen LogP contribution in [0, 0.1) is 0 Å². The predicted molar refractivity (Wildman–Crippen MR) is 83.5 cm³/mol. The molecular weight excluding hydrogens is 286 g/mol. The zero-order valence-electron chi connectivity index (χ0n) is 11.5. The fourth-order valence-corrected chi connectivity index (χ4v) is 2.37. The van der Waals surface area contributed by atoms with Gasteiger partial charge in [0.05, 0.1) is 5.56 Å². The number of anilines is 1. The first-order chi connectivity index (χ1) is 10.3. The highest BCUT2D eigenvalue weighted by Crippen LogP contribution is 2.26. The minimum absolute atomic E-state index is 0.511. The molecule has 0 amide bonds. The maximum atomic E-state index is 5.98. The first-order valence-electron chi connectivity index (χ1n) is 6.60. The maximum absolute atomic E-state index is 5.98. The van der Waals surface area contributed by atoms with Crippen LogP contribution < -0.4 is 5.32 Å². The van der Waals surface area contributed by atoms with E-state index >= 15 is 0 Å². The van der Waals surface area contributed by atoms with Gasteiger partial charge in [0.2, 0.25) is 0 Å². The Balaban J connectivity index is 1.86. The smallest absolute Gasteiger partial charge is 0.260 e. The number of hydrogen-bond donors (Lipinski definition) is 1. The molecule has 0 unspecified atom stereocenters. The maximum Gasteiger partial charge on any atom is 0.260 e. The summed E-state index contributed by atoms with van der Waals surface area (Å²) in [6, 6.07) is 15.5. The molecule has 4 nitrogen and oxygen atoms in total. The van der Waals surface area contributed by atoms with Crippen LogP contribution in [0.15, 0.2) is 53.1 Å². The summed E-state index contributed by atoms with van der Waals surface area (Å²) in [5.74, 6) is 1.15. The van der Waals surface area contributed by atoms with Crippen molar-refractivity contribution in [3.05, 3.63) is 64.9 Å². The molecule has 0 fully saturated rings. The third-order valence-electron chi connectivity index (χ3n) is 3.15. The van der Waals surface area contributed by atoms with Gasteiger partial charge in [-0.15, -0.1) is 0 Å². The van der Waals surface area contributed by atoms with Crippen LogP contribution in [0.5, 0.6) is 0 Å². The third-order valence-corrected chi connectivity index (χ3v) is 3.38. The summed E-state index contributed by atoms with van der Waals surface area (Å²) >= 11 is 5.98. The first kappa shape index (κ1) is 13.6. The van der Waals surface area contributed by atoms with Crippen LogP contribution in [-0.2, 0) is 6.42 Å². The summed E-state index contributed by atoms with van der Waals surface area (Å²) in [6.45, 7) is 0. The molecule has 0 radical (unpaired) electrons. The van der Waals surface area contributed by atoms with Gasteiger partial charge in [0.1, 0.15) is 0 Å². The number of rotatable bonds is 4. The Labute approximate surface area is 127 Å². The molecule has 21 heavy (non-hydrogen) atoms. The van der Waals surface area contributed by atoms with Gasteiger partial charge in [-0.25, -0.2) is 0 Å². The van der Waals surface area contributed by atoms with E-state index in [0.717, 1.165) is 16.8 Å². The van der Waals surface area contributed by atoms with E-state index in [2.05, 4.69) is 15.5 Å². The third kappa shape index (κ3) is 3.06. The Hall–Kier alpha value is -2.33. The van der Waals surface area contributed by atoms with Gasteiger partial charge < -0.3 is 9.84 Å². The van der Waals surface area contributed by atoms with E-state index in [1.807, 2.05) is 55.6 Å². The van der Waals surface area contributed by atoms with Gasteiger partial charge in [-0.1, -0.05) is 41.0 Å². The predicted octanol–water partition coefficient (Wildman–Crippen LogP) is 4.02. The van der Waals surface area contributed by atoms with E-state index in [0.29, 0.717) is 23.2 Å². The van der Waals surface area contributed by atoms with Crippen LogP contribution in [-0.4, -0.2) is 17.2 Å². The van der Waals surface area contributed by atoms with Crippen molar-refractivity contribution in [3.63, 3.8) is 0 Å². The zero-order valence-corrected chi connectivity index (χ0v) is 12.3. The SMILES string of the molecule is CNc1ccccc1-c1nc(Cc2cccc(Cl)c2)no1. The van der Waals surface area contributed by atoms with E-state index < -0.39 is 0 Å². The van der Waals surface area contributed by atoms with Crippen molar-refractivity contribution >= 4 is 17.3 Å². The monoisotopic (exact) mass is 299 g/mol. The number of aromatic nitrogens is 2. The summed E-state index contributed by atoms with van der Waals surface area (Å²) in [4.78, 5) is 4.45. The number of benzene rings is 2. The molecule has 0 aliphatic heterocycles. The van der Waals surface area contributed by atoms with E-state index in [4.69, 9.17) is 16.1 Å². The molecule has 2 aromatic carbocycles. The Morgan fingerprint density at radius 3 is 2.81 bits per heavy atom. The Bertz CT molecular complexity index is 755. The lowest BCUT2D eigenvalue weighted by Crippen LogP contribution is -1.93. The molecule has 3 aromatic rings. The van der Waals surface area contributed by atoms with Gasteiger partial charge in [-0.3, -0.25) is 0 Å². The average molecular weight is 300 g/mol. The highest BCUT2D eigenvalue weighted by molar-refractivity contribution is 6.30. The van der Waals surface area contributed by atoms with Crippen molar-refractivity contribution < 1.29 is 4.52 Å². The molecule has 0 atom stereocenters. The van der Waals surface area contributed by atoms with Gasteiger partial charge in [-0.05, 0) is 29.8 Å². The molecule has 1 N–H and O–H groups in total. The second kappa shape index (κ2) is 5.97. The largest absolute Gasteiger partial charge is 0.387 e. The van der Waals surface area contributed by atoms with Crippen LogP contribution >= 0.6 is 11.6 Å². The summed E-state index contributed by atoms with van der Waals surface area (Å²) in [5, 5.41) is 7.86. The van der Waals surface area contributed by atoms with Crippen molar-refractivity contribution in [2.45, 2.75) is 6.42 Å². The second-order valence-corrected chi connectivity index (χ2v) is 5.05. The molecule has 0 aliphatic carbocycles. The molecule has 0 aliphatic rings. The van der Waals surface area contributed by atoms with Crippen molar-refractivity contribution in [1.29, 1.82) is 0 Å². The highest BCUT2D eigenvalue weighted by Gasteiger charge is 2.12. The number of para-hydroxylation sites is 1. The Kier molecular flexibility index (Phi) is 3.88. The molecule has 0 saturated heterocycles. The fourth-order valence-electron chi connectivity index (χ4n) is 2.15. The molecule has 0 bridgehead atoms. The average Bonchev–Trinajstić information content (AvgIpc) is 2.95. The van der Waals surface area contributed by atoms with E-state index in [9.17, 15) is 0 Å². The van der Waals surface area contributed by atoms with Crippen LogP contribution in [0.25, 0.3) is 11.5 Å². The number of nitrogens with zero attached hydrogens (tertiary/aromatic N) is 2. The normalized spacial score (nSPS) is 10.6. The Morgan fingerprint density at radius 2 is 2.00 bits per heavy atom. The van der Waals surface area contributed by atoms with Crippen LogP contribution in [0.3, 0.4) is 0 Å². The molecule has 1 aromatic heterocycles. The standard InChI is InChI=1S/C16H14ClN3O/c1-18-14-8-3-2-7-13(14)16-19-15(20-21-16)10-11-5-4-6-12(17)9-11/h2-9,18H,10H2,1H3. The van der Waals surface area contributed by atoms with Crippen LogP contribution in [0.2, 0.25) is 5.02 Å². The number of nitrogens with one attached hydrogen (secondary N) is 1. The minimum atomic E-state index is 0.511. The molecule has 0 saturated carbocycles. The summed E-state index contributed by atoms with van der Waals surface area (Å²) < 4.78 is 5.36. The first-order valence-corrected chi connectivity index (χ1v) is 6.98. The van der Waals surface area contributed by atoms with Gasteiger partial charge in [0, 0.05) is 24.2 Å².